The minimum Gasteiger partial charge on any atom is -0.298 e. The molecule has 1 aliphatic heterocycles. The van der Waals surface area contributed by atoms with Crippen molar-refractivity contribution in [3.8, 4) is 0 Å². The molecule has 0 amide bonds. The first-order valence-corrected chi connectivity index (χ1v) is 10.5. The monoisotopic (exact) mass is 400 g/mol. The second kappa shape index (κ2) is 7.64. The molecule has 27 heavy (non-hydrogen) atoms. The van der Waals surface area contributed by atoms with Gasteiger partial charge in [-0.2, -0.15) is 0 Å². The van der Waals surface area contributed by atoms with Crippen LogP contribution in [-0.2, 0) is 9.59 Å². The molecule has 0 bridgehead atoms. The van der Waals surface area contributed by atoms with E-state index in [2.05, 4.69) is 11.1 Å². The summed E-state index contributed by atoms with van der Waals surface area (Å²) < 4.78 is 0. The number of aryl methyl sites for hydroxylation is 1. The second-order valence-electron chi connectivity index (χ2n) is 7.28. The van der Waals surface area contributed by atoms with Crippen LogP contribution in [0.1, 0.15) is 59.5 Å². The van der Waals surface area contributed by atoms with Crippen LogP contribution in [0.5, 0.6) is 0 Å². The van der Waals surface area contributed by atoms with Gasteiger partial charge in [0.1, 0.15) is 16.7 Å². The molecule has 3 aliphatic rings. The molecule has 2 heterocycles. The molecule has 0 spiro atoms. The number of allylic oxidation sites excluding steroid dienone is 6. The number of aliphatic imine (C=N–C) groups is 1. The number of rotatable bonds is 4. The molecule has 140 valence electrons. The molecule has 4 nitrogen and oxygen atoms in total. The number of nitrogens with zero attached hydrogens (tertiary/aromatic N) is 2. The molecule has 3 unspecified atom stereocenters. The van der Waals surface area contributed by atoms with E-state index >= 15 is 0 Å². The Kier molecular flexibility index (Phi) is 5.24. The van der Waals surface area contributed by atoms with Gasteiger partial charge in [-0.3, -0.25) is 14.6 Å². The van der Waals surface area contributed by atoms with E-state index in [4.69, 9.17) is 16.6 Å². The number of carbonyl (C=O) groups is 2. The molecule has 0 aromatic carbocycles. The maximum Gasteiger partial charge on any atom is 0.153 e. The lowest BCUT2D eigenvalue weighted by atomic mass is 9.95. The lowest BCUT2D eigenvalue weighted by Crippen LogP contribution is -2.17. The molecule has 3 atom stereocenters. The average Bonchev–Trinajstić information content (AvgIpc) is 3.16. The number of thiazole rings is 1. The molecule has 1 saturated carbocycles. The first-order valence-electron chi connectivity index (χ1n) is 9.32. The fraction of sp³-hybridized carbons (Fsp3) is 0.429. The van der Waals surface area contributed by atoms with E-state index in [1.54, 1.807) is 11.3 Å². The van der Waals surface area contributed by atoms with Gasteiger partial charge in [0.25, 0.3) is 0 Å². The molecule has 1 fully saturated rings. The van der Waals surface area contributed by atoms with Crippen LogP contribution < -0.4 is 0 Å². The number of halogens is 1. The predicted octanol–water partition coefficient (Wildman–Crippen LogP) is 5.00. The van der Waals surface area contributed by atoms with E-state index in [-0.39, 0.29) is 23.4 Å². The summed E-state index contributed by atoms with van der Waals surface area (Å²) in [6, 6.07) is 0. The van der Waals surface area contributed by atoms with E-state index in [9.17, 15) is 9.59 Å². The highest BCUT2D eigenvalue weighted by Gasteiger charge is 2.44. The lowest BCUT2D eigenvalue weighted by Gasteiger charge is -2.12. The van der Waals surface area contributed by atoms with Crippen molar-refractivity contribution in [2.45, 2.75) is 50.9 Å². The summed E-state index contributed by atoms with van der Waals surface area (Å²) >= 11 is 7.57. The summed E-state index contributed by atoms with van der Waals surface area (Å²) in [6.07, 6.45) is 13.4. The Balaban J connectivity index is 1.54. The summed E-state index contributed by atoms with van der Waals surface area (Å²) in [5, 5.41) is 1.69. The van der Waals surface area contributed by atoms with Crippen LogP contribution in [0.25, 0.3) is 0 Å². The zero-order chi connectivity index (χ0) is 19.0. The summed E-state index contributed by atoms with van der Waals surface area (Å²) in [6.45, 7) is 1.95. The Hall–Kier alpha value is -1.85. The molecule has 1 aromatic rings. The van der Waals surface area contributed by atoms with E-state index in [0.717, 1.165) is 39.9 Å². The highest BCUT2D eigenvalue weighted by atomic mass is 35.5. The van der Waals surface area contributed by atoms with Crippen LogP contribution in [0.3, 0.4) is 0 Å². The van der Waals surface area contributed by atoms with Crippen LogP contribution in [-0.4, -0.2) is 22.8 Å². The Labute approximate surface area is 167 Å². The highest BCUT2D eigenvalue weighted by molar-refractivity contribution is 7.11. The molecule has 0 saturated heterocycles. The summed E-state index contributed by atoms with van der Waals surface area (Å²) in [4.78, 5) is 35.7. The van der Waals surface area contributed by atoms with Crippen molar-refractivity contribution in [3.05, 3.63) is 50.6 Å². The Morgan fingerprint density at radius 3 is 2.81 bits per heavy atom. The minimum atomic E-state index is -0.708. The van der Waals surface area contributed by atoms with E-state index < -0.39 is 5.92 Å². The number of ketones is 2. The van der Waals surface area contributed by atoms with Gasteiger partial charge in [0.15, 0.2) is 5.78 Å². The maximum atomic E-state index is 13.0. The van der Waals surface area contributed by atoms with Gasteiger partial charge >= 0.3 is 0 Å². The fourth-order valence-electron chi connectivity index (χ4n) is 3.90. The van der Waals surface area contributed by atoms with Gasteiger partial charge in [-0.25, -0.2) is 4.98 Å². The van der Waals surface area contributed by atoms with Gasteiger partial charge in [-0.1, -0.05) is 29.8 Å². The lowest BCUT2D eigenvalue weighted by molar-refractivity contribution is -0.124. The van der Waals surface area contributed by atoms with Gasteiger partial charge in [0.2, 0.25) is 0 Å². The van der Waals surface area contributed by atoms with Gasteiger partial charge in [-0.15, -0.1) is 11.3 Å². The van der Waals surface area contributed by atoms with Crippen LogP contribution in [0.15, 0.2) is 40.0 Å². The first-order chi connectivity index (χ1) is 13.0. The van der Waals surface area contributed by atoms with E-state index in [1.807, 2.05) is 31.4 Å². The fourth-order valence-corrected chi connectivity index (χ4v) is 5.11. The average molecular weight is 401 g/mol. The third-order valence-corrected chi connectivity index (χ3v) is 6.74. The standard InChI is InChI=1S/C21H21ClN2O2S/c1-12-19(24-21(27-12)13-5-7-15(22)8-6-13)18-17(25)11-14(20(18)26)10-16-4-2-3-9-23-16/h4-5,7-9,13-14,18H,2-3,6,10-11H2,1H3. The Bertz CT molecular complexity index is 909. The van der Waals surface area contributed by atoms with Crippen molar-refractivity contribution in [3.63, 3.8) is 0 Å². The number of Topliss-reactive ketones (excluding diaryl/α,β-unsaturated/α-hetero) is 2. The molecular formula is C21H21ClN2O2S. The maximum absolute atomic E-state index is 13.0. The van der Waals surface area contributed by atoms with Crippen molar-refractivity contribution >= 4 is 40.7 Å². The van der Waals surface area contributed by atoms with Crippen molar-refractivity contribution in [2.75, 3.05) is 0 Å². The molecule has 2 aliphatic carbocycles. The van der Waals surface area contributed by atoms with Gasteiger partial charge in [0, 0.05) is 40.1 Å². The topological polar surface area (TPSA) is 59.4 Å². The number of hydrogen-bond acceptors (Lipinski definition) is 5. The predicted molar refractivity (Wildman–Crippen MR) is 109 cm³/mol. The van der Waals surface area contributed by atoms with Gasteiger partial charge in [0.05, 0.1) is 5.69 Å². The van der Waals surface area contributed by atoms with Crippen LogP contribution in [0.4, 0.5) is 0 Å². The van der Waals surface area contributed by atoms with Crippen LogP contribution in [0.2, 0.25) is 0 Å². The smallest absolute Gasteiger partial charge is 0.153 e. The normalized spacial score (nSPS) is 27.9. The Morgan fingerprint density at radius 2 is 2.11 bits per heavy atom. The molecule has 4 rings (SSSR count). The quantitative estimate of drug-likeness (QED) is 0.668. The van der Waals surface area contributed by atoms with E-state index in [0.29, 0.717) is 18.5 Å². The van der Waals surface area contributed by atoms with Crippen molar-refractivity contribution < 1.29 is 9.59 Å². The Morgan fingerprint density at radius 1 is 1.26 bits per heavy atom. The molecule has 0 N–H and O–H groups in total. The zero-order valence-corrected chi connectivity index (χ0v) is 16.7. The van der Waals surface area contributed by atoms with Crippen molar-refractivity contribution in [1.82, 2.24) is 4.98 Å². The van der Waals surface area contributed by atoms with Crippen molar-refractivity contribution in [2.24, 2.45) is 10.9 Å². The second-order valence-corrected chi connectivity index (χ2v) is 8.95. The summed E-state index contributed by atoms with van der Waals surface area (Å²) in [7, 11) is 0. The minimum absolute atomic E-state index is 0.00347. The van der Waals surface area contributed by atoms with Crippen molar-refractivity contribution in [1.29, 1.82) is 0 Å². The third-order valence-electron chi connectivity index (χ3n) is 5.34. The summed E-state index contributed by atoms with van der Waals surface area (Å²) in [5.74, 6) is -0.824. The number of aromatic nitrogens is 1. The van der Waals surface area contributed by atoms with Crippen LogP contribution in [0, 0.1) is 12.8 Å². The van der Waals surface area contributed by atoms with Crippen LogP contribution >= 0.6 is 22.9 Å². The zero-order valence-electron chi connectivity index (χ0n) is 15.2. The molecular weight excluding hydrogens is 380 g/mol. The molecule has 6 heteroatoms. The van der Waals surface area contributed by atoms with Gasteiger partial charge < -0.3 is 0 Å². The largest absolute Gasteiger partial charge is 0.298 e. The third kappa shape index (κ3) is 3.76. The number of hydrogen-bond donors (Lipinski definition) is 0. The summed E-state index contributed by atoms with van der Waals surface area (Å²) in [5.41, 5.74) is 1.59. The highest BCUT2D eigenvalue weighted by Crippen LogP contribution is 2.40. The molecule has 1 aromatic heterocycles. The van der Waals surface area contributed by atoms with E-state index in [1.165, 1.54) is 0 Å². The van der Waals surface area contributed by atoms with Gasteiger partial charge in [-0.05, 0) is 38.7 Å². The first kappa shape index (κ1) is 18.5. The number of carbonyl (C=O) groups excluding carboxylic acids is 2. The SMILES string of the molecule is Cc1sc(C2C=CC(Cl)=CC2)nc1C1C(=O)CC(CC2=CCCC=N2)C1=O. The molecule has 0 radical (unpaired) electrons.